The van der Waals surface area contributed by atoms with Crippen molar-refractivity contribution in [3.05, 3.63) is 108 Å². The van der Waals surface area contributed by atoms with Crippen LogP contribution in [0.3, 0.4) is 0 Å². The van der Waals surface area contributed by atoms with Gasteiger partial charge in [-0.1, -0.05) is 72.9 Å². The Kier molecular flexibility index (Phi) is 15.1. The number of carboxylic acid groups (broad SMARTS) is 2. The highest BCUT2D eigenvalue weighted by Gasteiger charge is 2.59. The Morgan fingerprint density at radius 1 is 0.528 bits per heavy atom. The number of rotatable bonds is 22. The first kappa shape index (κ1) is 39.8. The summed E-state index contributed by atoms with van der Waals surface area (Å²) in [6.45, 7) is 0.677. The summed E-state index contributed by atoms with van der Waals surface area (Å²) < 4.78 is 22.5. The van der Waals surface area contributed by atoms with E-state index in [1.807, 2.05) is 24.3 Å². The second-order valence-electron chi connectivity index (χ2n) is 12.8. The smallest absolute Gasteiger partial charge is 0.306 e. The molecule has 2 aromatic rings. The largest absolute Gasteiger partial charge is 0.490 e. The van der Waals surface area contributed by atoms with E-state index in [1.165, 1.54) is 34.7 Å². The molecule has 0 heterocycles. The van der Waals surface area contributed by atoms with Crippen LogP contribution >= 0.6 is 23.5 Å². The van der Waals surface area contributed by atoms with Crippen molar-refractivity contribution in [2.24, 2.45) is 23.7 Å². The van der Waals surface area contributed by atoms with Crippen molar-refractivity contribution in [2.45, 2.75) is 31.1 Å². The third-order valence-corrected chi connectivity index (χ3v) is 11.5. The molecule has 12 heteroatoms. The lowest BCUT2D eigenvalue weighted by molar-refractivity contribution is -0.144. The van der Waals surface area contributed by atoms with E-state index in [0.29, 0.717) is 46.3 Å². The van der Waals surface area contributed by atoms with E-state index < -0.39 is 11.9 Å². The van der Waals surface area contributed by atoms with Gasteiger partial charge in [-0.25, -0.2) is 0 Å². The van der Waals surface area contributed by atoms with Crippen LogP contribution in [0.25, 0.3) is 0 Å². The van der Waals surface area contributed by atoms with Gasteiger partial charge in [-0.15, -0.1) is 0 Å². The standard InChI is InChI=1S/C41H46O10S2/c42-37(43)17-25-52-27-19-39(46)50-23-21-48-31-13-9-29(10-14-31)41(35-7-3-1-5-33(35)34-6-2-4-8-36(34)41)30-11-15-32(16-12-30)49-22-24-51-40(47)20-28-53-26-18-38(44)45/h1-16,33-36H,17-28H2,(H,42,43)(H,44,45). The topological polar surface area (TPSA) is 146 Å². The number of fused-ring (bicyclic) bond motifs is 3. The van der Waals surface area contributed by atoms with E-state index in [-0.39, 0.29) is 81.3 Å². The van der Waals surface area contributed by atoms with Crippen LogP contribution in [0.4, 0.5) is 0 Å². The summed E-state index contributed by atoms with van der Waals surface area (Å²) in [6, 6.07) is 16.4. The van der Waals surface area contributed by atoms with Crippen LogP contribution in [0.2, 0.25) is 0 Å². The van der Waals surface area contributed by atoms with Crippen LogP contribution in [0.5, 0.6) is 11.5 Å². The number of allylic oxidation sites excluding steroid dienone is 8. The van der Waals surface area contributed by atoms with Crippen molar-refractivity contribution in [1.82, 2.24) is 0 Å². The lowest BCUT2D eigenvalue weighted by Crippen LogP contribution is -2.39. The fourth-order valence-corrected chi connectivity index (χ4v) is 8.98. The van der Waals surface area contributed by atoms with Crippen molar-refractivity contribution in [3.8, 4) is 11.5 Å². The van der Waals surface area contributed by atoms with Crippen molar-refractivity contribution in [3.63, 3.8) is 0 Å². The van der Waals surface area contributed by atoms with Crippen molar-refractivity contribution in [2.75, 3.05) is 49.4 Å². The van der Waals surface area contributed by atoms with Crippen LogP contribution in [-0.2, 0) is 34.1 Å². The molecule has 4 atom stereocenters. The molecule has 1 saturated carbocycles. The van der Waals surface area contributed by atoms with Gasteiger partial charge in [0.25, 0.3) is 0 Å². The van der Waals surface area contributed by atoms with Crippen LogP contribution in [0, 0.1) is 23.7 Å². The molecule has 10 nitrogen and oxygen atoms in total. The summed E-state index contributed by atoms with van der Waals surface area (Å²) in [6.07, 6.45) is 18.5. The van der Waals surface area contributed by atoms with Gasteiger partial charge in [0.15, 0.2) is 0 Å². The predicted octanol–water partition coefficient (Wildman–Crippen LogP) is 6.74. The zero-order valence-electron chi connectivity index (χ0n) is 29.5. The molecule has 5 rings (SSSR count). The normalized spacial score (nSPS) is 20.3. The van der Waals surface area contributed by atoms with E-state index in [2.05, 4.69) is 72.9 Å². The third kappa shape index (κ3) is 10.8. The van der Waals surface area contributed by atoms with Gasteiger partial charge < -0.3 is 29.2 Å². The minimum Gasteiger partial charge on any atom is -0.490 e. The molecule has 4 unspecified atom stereocenters. The lowest BCUT2D eigenvalue weighted by Gasteiger charge is -2.41. The van der Waals surface area contributed by atoms with Crippen molar-refractivity contribution >= 4 is 47.4 Å². The molecular weight excluding hydrogens is 717 g/mol. The first-order valence-electron chi connectivity index (χ1n) is 17.9. The number of hydrogen-bond donors (Lipinski definition) is 2. The maximum Gasteiger partial charge on any atom is 0.306 e. The number of benzene rings is 2. The van der Waals surface area contributed by atoms with E-state index in [4.69, 9.17) is 29.2 Å². The number of aliphatic carboxylic acids is 2. The molecule has 0 radical (unpaired) electrons. The second kappa shape index (κ2) is 20.1. The number of carboxylic acids is 2. The van der Waals surface area contributed by atoms with Gasteiger partial charge >= 0.3 is 23.9 Å². The van der Waals surface area contributed by atoms with E-state index >= 15 is 0 Å². The number of thioether (sulfide) groups is 2. The van der Waals surface area contributed by atoms with Gasteiger partial charge in [0.2, 0.25) is 0 Å². The molecule has 0 saturated heterocycles. The average Bonchev–Trinajstić information content (AvgIpc) is 3.46. The highest BCUT2D eigenvalue weighted by molar-refractivity contribution is 7.99. The Balaban J connectivity index is 1.21. The second-order valence-corrected chi connectivity index (χ2v) is 15.3. The van der Waals surface area contributed by atoms with Crippen molar-refractivity contribution < 1.29 is 48.3 Å². The minimum absolute atomic E-state index is 0.0720. The fraction of sp³-hybridized carbons (Fsp3) is 0.415. The van der Waals surface area contributed by atoms with E-state index in [1.54, 1.807) is 0 Å². The predicted molar refractivity (Wildman–Crippen MR) is 205 cm³/mol. The molecule has 3 aliphatic carbocycles. The SMILES string of the molecule is O=C(O)CCSCCC(=O)OCCOc1ccc(C2(c3ccc(OCCOC(=O)CCSCCC(=O)O)cc3)C3C=CC=CC3C3C=CC=CC32)cc1. The average molecular weight is 763 g/mol. The monoisotopic (exact) mass is 762 g/mol. The molecule has 0 aliphatic heterocycles. The molecule has 2 N–H and O–H groups in total. The zero-order valence-corrected chi connectivity index (χ0v) is 31.1. The zero-order chi connectivity index (χ0) is 37.5. The Hall–Kier alpha value is -4.42. The number of carbonyl (C=O) groups is 4. The highest BCUT2D eigenvalue weighted by atomic mass is 32.2. The molecule has 2 aromatic carbocycles. The Bertz CT molecular complexity index is 1540. The van der Waals surface area contributed by atoms with Gasteiger partial charge in [-0.3, -0.25) is 19.2 Å². The Morgan fingerprint density at radius 2 is 0.906 bits per heavy atom. The van der Waals surface area contributed by atoms with Crippen LogP contribution in [0.1, 0.15) is 36.8 Å². The Morgan fingerprint density at radius 3 is 1.30 bits per heavy atom. The summed E-state index contributed by atoms with van der Waals surface area (Å²) in [4.78, 5) is 45.3. The van der Waals surface area contributed by atoms with Gasteiger partial charge in [-0.05, 0) is 59.1 Å². The summed E-state index contributed by atoms with van der Waals surface area (Å²) in [5, 5.41) is 17.4. The van der Waals surface area contributed by atoms with Crippen LogP contribution in [-0.4, -0.2) is 83.5 Å². The van der Waals surface area contributed by atoms with Gasteiger partial charge in [0, 0.05) is 28.4 Å². The van der Waals surface area contributed by atoms with E-state index in [0.717, 1.165) is 0 Å². The number of esters is 2. The maximum absolute atomic E-state index is 12.1. The van der Waals surface area contributed by atoms with Crippen LogP contribution < -0.4 is 9.47 Å². The van der Waals surface area contributed by atoms with Gasteiger partial charge in [0.05, 0.1) is 25.7 Å². The molecule has 282 valence electrons. The number of ether oxygens (including phenoxy) is 4. The highest BCUT2D eigenvalue weighted by Crippen LogP contribution is 2.62. The molecule has 0 aromatic heterocycles. The summed E-state index contributed by atoms with van der Waals surface area (Å²) in [7, 11) is 0. The van der Waals surface area contributed by atoms with Gasteiger partial charge in [0.1, 0.15) is 37.9 Å². The fourth-order valence-electron chi connectivity index (χ4n) is 7.32. The summed E-state index contributed by atoms with van der Waals surface area (Å²) in [5.74, 6) is 1.96. The summed E-state index contributed by atoms with van der Waals surface area (Å²) in [5.41, 5.74) is 1.95. The molecule has 53 heavy (non-hydrogen) atoms. The molecular formula is C41H46O10S2. The molecule has 0 bridgehead atoms. The third-order valence-electron chi connectivity index (χ3n) is 9.57. The molecule has 0 amide bonds. The minimum atomic E-state index is -0.848. The first-order valence-corrected chi connectivity index (χ1v) is 20.2. The molecule has 3 aliphatic rings. The quantitative estimate of drug-likeness (QED) is 0.0968. The maximum atomic E-state index is 12.1. The molecule has 0 spiro atoms. The lowest BCUT2D eigenvalue weighted by atomic mass is 9.61. The summed E-state index contributed by atoms with van der Waals surface area (Å²) >= 11 is 2.83. The number of carbonyl (C=O) groups excluding carboxylic acids is 2. The Labute approximate surface area is 318 Å². The van der Waals surface area contributed by atoms with Gasteiger partial charge in [-0.2, -0.15) is 23.5 Å². The molecule has 1 fully saturated rings. The van der Waals surface area contributed by atoms with Crippen LogP contribution in [0.15, 0.2) is 97.1 Å². The van der Waals surface area contributed by atoms with Crippen molar-refractivity contribution in [1.29, 1.82) is 0 Å². The van der Waals surface area contributed by atoms with E-state index in [9.17, 15) is 19.2 Å². The number of hydrogen-bond acceptors (Lipinski definition) is 10. The first-order chi connectivity index (χ1) is 25.8.